The zero-order valence-electron chi connectivity index (χ0n) is 18.4. The minimum Gasteiger partial charge on any atom is -0.356 e. The number of hydrogen-bond donors (Lipinski definition) is 1. The Bertz CT molecular complexity index is 1270. The molecule has 3 aromatic carbocycles. The van der Waals surface area contributed by atoms with Crippen molar-refractivity contribution in [2.24, 2.45) is 5.92 Å². The minimum atomic E-state index is -4.37. The second-order valence-electron chi connectivity index (χ2n) is 8.42. The number of carbonyl (C=O) groups is 1. The maximum absolute atomic E-state index is 13.1. The van der Waals surface area contributed by atoms with Crippen molar-refractivity contribution in [3.63, 3.8) is 0 Å². The van der Waals surface area contributed by atoms with Gasteiger partial charge in [-0.05, 0) is 59.9 Å². The molecule has 1 heterocycles. The van der Waals surface area contributed by atoms with E-state index in [1.54, 1.807) is 18.2 Å². The van der Waals surface area contributed by atoms with Crippen LogP contribution in [0, 0.1) is 5.92 Å². The van der Waals surface area contributed by atoms with Crippen LogP contribution in [0.5, 0.6) is 0 Å². The molecule has 0 radical (unpaired) electrons. The van der Waals surface area contributed by atoms with Crippen molar-refractivity contribution in [3.8, 4) is 0 Å². The minimum absolute atomic E-state index is 0.158. The van der Waals surface area contributed by atoms with Gasteiger partial charge in [0.1, 0.15) is 0 Å². The smallest absolute Gasteiger partial charge is 0.356 e. The van der Waals surface area contributed by atoms with Gasteiger partial charge >= 0.3 is 6.18 Å². The Morgan fingerprint density at radius 2 is 1.59 bits per heavy atom. The monoisotopic (exact) mass is 490 g/mol. The molecule has 1 amide bonds. The number of nitrogens with one attached hydrogen (secondary N) is 1. The van der Waals surface area contributed by atoms with Gasteiger partial charge in [-0.25, -0.2) is 8.42 Å². The highest BCUT2D eigenvalue weighted by molar-refractivity contribution is 7.89. The second kappa shape index (κ2) is 9.76. The first kappa shape index (κ1) is 24.2. The summed E-state index contributed by atoms with van der Waals surface area (Å²) in [4.78, 5) is 12.8. The van der Waals surface area contributed by atoms with Crippen LogP contribution in [-0.4, -0.2) is 38.3 Å². The lowest BCUT2D eigenvalue weighted by Crippen LogP contribution is -2.43. The lowest BCUT2D eigenvalue weighted by atomic mass is 9.97. The molecule has 1 saturated heterocycles. The molecule has 9 heteroatoms. The first-order valence-electron chi connectivity index (χ1n) is 11.1. The lowest BCUT2D eigenvalue weighted by Gasteiger charge is -2.30. The quantitative estimate of drug-likeness (QED) is 0.549. The molecular formula is C25H25F3N2O3S. The largest absolute Gasteiger partial charge is 0.416 e. The number of sulfonamides is 1. The predicted molar refractivity (Wildman–Crippen MR) is 124 cm³/mol. The molecule has 0 saturated carbocycles. The highest BCUT2D eigenvalue weighted by atomic mass is 32.2. The molecule has 5 nitrogen and oxygen atoms in total. The summed E-state index contributed by atoms with van der Waals surface area (Å²) in [6, 6.07) is 17.5. The Balaban J connectivity index is 1.28. The Morgan fingerprint density at radius 3 is 2.24 bits per heavy atom. The van der Waals surface area contributed by atoms with E-state index in [1.165, 1.54) is 16.4 Å². The van der Waals surface area contributed by atoms with Gasteiger partial charge in [-0.3, -0.25) is 4.79 Å². The average molecular weight is 491 g/mol. The third kappa shape index (κ3) is 5.42. The second-order valence-corrected chi connectivity index (χ2v) is 10.4. The van der Waals surface area contributed by atoms with Crippen LogP contribution >= 0.6 is 0 Å². The number of halogens is 3. The van der Waals surface area contributed by atoms with E-state index in [4.69, 9.17) is 0 Å². The first-order valence-corrected chi connectivity index (χ1v) is 12.5. The molecule has 0 unspecified atom stereocenters. The number of benzene rings is 3. The topological polar surface area (TPSA) is 66.5 Å². The molecule has 1 aliphatic heterocycles. The fraction of sp³-hybridized carbons (Fsp3) is 0.320. The summed E-state index contributed by atoms with van der Waals surface area (Å²) < 4.78 is 65.5. The summed E-state index contributed by atoms with van der Waals surface area (Å²) in [5.74, 6) is -0.453. The summed E-state index contributed by atoms with van der Waals surface area (Å²) in [5, 5.41) is 4.64. The molecule has 1 N–H and O–H groups in total. The summed E-state index contributed by atoms with van der Waals surface area (Å²) in [7, 11) is -3.65. The van der Waals surface area contributed by atoms with Crippen molar-refractivity contribution in [2.75, 3.05) is 19.6 Å². The van der Waals surface area contributed by atoms with E-state index in [-0.39, 0.29) is 29.8 Å². The zero-order valence-corrected chi connectivity index (χ0v) is 19.2. The molecule has 1 aliphatic rings. The van der Waals surface area contributed by atoms with Gasteiger partial charge in [0.15, 0.2) is 0 Å². The molecule has 4 rings (SSSR count). The van der Waals surface area contributed by atoms with E-state index in [2.05, 4.69) is 5.32 Å². The maximum atomic E-state index is 13.1. The van der Waals surface area contributed by atoms with E-state index in [1.807, 2.05) is 24.3 Å². The van der Waals surface area contributed by atoms with Gasteiger partial charge < -0.3 is 5.32 Å². The van der Waals surface area contributed by atoms with Crippen molar-refractivity contribution in [1.29, 1.82) is 0 Å². The molecule has 1 fully saturated rings. The van der Waals surface area contributed by atoms with E-state index < -0.39 is 21.8 Å². The Morgan fingerprint density at radius 1 is 0.941 bits per heavy atom. The van der Waals surface area contributed by atoms with Crippen LogP contribution in [0.25, 0.3) is 10.8 Å². The number of amides is 1. The van der Waals surface area contributed by atoms with Crippen LogP contribution in [0.1, 0.15) is 24.0 Å². The number of piperidine rings is 1. The SMILES string of the molecule is O=C(NCCc1ccc(C(F)(F)F)cc1)C1CCN(S(=O)(=O)c2ccc3ccccc3c2)CC1. The highest BCUT2D eigenvalue weighted by Gasteiger charge is 2.32. The van der Waals surface area contributed by atoms with Crippen LogP contribution in [0.15, 0.2) is 71.6 Å². The van der Waals surface area contributed by atoms with Gasteiger partial charge in [0.05, 0.1) is 10.5 Å². The Kier molecular flexibility index (Phi) is 6.95. The van der Waals surface area contributed by atoms with Crippen molar-refractivity contribution in [2.45, 2.75) is 30.3 Å². The predicted octanol–water partition coefficient (Wildman–Crippen LogP) is 4.62. The number of carbonyl (C=O) groups excluding carboxylic acids is 1. The van der Waals surface area contributed by atoms with E-state index in [9.17, 15) is 26.4 Å². The van der Waals surface area contributed by atoms with Gasteiger partial charge in [0.2, 0.25) is 15.9 Å². The number of nitrogens with zero attached hydrogens (tertiary/aromatic N) is 1. The third-order valence-electron chi connectivity index (χ3n) is 6.18. The number of alkyl halides is 3. The normalized spacial score (nSPS) is 16.0. The standard InChI is InChI=1S/C25H25F3N2O3S/c26-25(27,28)22-8-5-18(6-9-22)11-14-29-24(31)20-12-15-30(16-13-20)34(32,33)23-10-7-19-3-1-2-4-21(19)17-23/h1-10,17,20H,11-16H2,(H,29,31). The highest BCUT2D eigenvalue weighted by Crippen LogP contribution is 2.29. The molecule has 0 aromatic heterocycles. The summed E-state index contributed by atoms with van der Waals surface area (Å²) in [5.41, 5.74) is -0.00437. The van der Waals surface area contributed by atoms with Crippen LogP contribution in [0.3, 0.4) is 0 Å². The van der Waals surface area contributed by atoms with Crippen LogP contribution in [0.4, 0.5) is 13.2 Å². The van der Waals surface area contributed by atoms with Gasteiger partial charge in [-0.1, -0.05) is 42.5 Å². The van der Waals surface area contributed by atoms with Crippen molar-refractivity contribution < 1.29 is 26.4 Å². The van der Waals surface area contributed by atoms with Gasteiger partial charge in [-0.2, -0.15) is 17.5 Å². The zero-order chi connectivity index (χ0) is 24.3. The van der Waals surface area contributed by atoms with Crippen LogP contribution in [0.2, 0.25) is 0 Å². The van der Waals surface area contributed by atoms with Crippen molar-refractivity contribution in [3.05, 3.63) is 77.9 Å². The van der Waals surface area contributed by atoms with Crippen LogP contribution < -0.4 is 5.32 Å². The first-order chi connectivity index (χ1) is 16.1. The lowest BCUT2D eigenvalue weighted by molar-refractivity contribution is -0.137. The molecule has 180 valence electrons. The number of hydrogen-bond acceptors (Lipinski definition) is 3. The van der Waals surface area contributed by atoms with Gasteiger partial charge in [0.25, 0.3) is 0 Å². The van der Waals surface area contributed by atoms with E-state index in [0.29, 0.717) is 31.4 Å². The number of rotatable bonds is 6. The summed E-state index contributed by atoms with van der Waals surface area (Å²) >= 11 is 0. The molecular weight excluding hydrogens is 465 g/mol. The number of fused-ring (bicyclic) bond motifs is 1. The summed E-state index contributed by atoms with van der Waals surface area (Å²) in [6.45, 7) is 0.818. The molecule has 0 bridgehead atoms. The molecule has 34 heavy (non-hydrogen) atoms. The van der Waals surface area contributed by atoms with Crippen molar-refractivity contribution in [1.82, 2.24) is 9.62 Å². The van der Waals surface area contributed by atoms with Gasteiger partial charge in [0, 0.05) is 25.6 Å². The Hall–Kier alpha value is -2.91. The van der Waals surface area contributed by atoms with E-state index >= 15 is 0 Å². The summed E-state index contributed by atoms with van der Waals surface area (Å²) in [6.07, 6.45) is -3.12. The Labute approximate surface area is 196 Å². The van der Waals surface area contributed by atoms with Crippen LogP contribution in [-0.2, 0) is 27.4 Å². The molecule has 0 aliphatic carbocycles. The average Bonchev–Trinajstić information content (AvgIpc) is 2.83. The molecule has 0 atom stereocenters. The van der Waals surface area contributed by atoms with E-state index in [0.717, 1.165) is 22.9 Å². The fourth-order valence-electron chi connectivity index (χ4n) is 4.17. The maximum Gasteiger partial charge on any atom is 0.416 e. The molecule has 3 aromatic rings. The third-order valence-corrected chi connectivity index (χ3v) is 8.07. The van der Waals surface area contributed by atoms with Crippen molar-refractivity contribution >= 4 is 26.7 Å². The van der Waals surface area contributed by atoms with Gasteiger partial charge in [-0.15, -0.1) is 0 Å². The fourth-order valence-corrected chi connectivity index (χ4v) is 5.68. The molecule has 0 spiro atoms.